The molecule has 5 heteroatoms. The van der Waals surface area contributed by atoms with Crippen molar-refractivity contribution < 1.29 is 9.53 Å². The molecule has 0 fully saturated rings. The van der Waals surface area contributed by atoms with E-state index in [2.05, 4.69) is 9.55 Å². The number of benzene rings is 2. The number of carbonyl (C=O) groups excluding carboxylic acids is 1. The lowest BCUT2D eigenvalue weighted by Crippen LogP contribution is -2.06. The second kappa shape index (κ2) is 5.90. The zero-order valence-corrected chi connectivity index (χ0v) is 14.5. The van der Waals surface area contributed by atoms with Crippen LogP contribution in [0.1, 0.15) is 10.5 Å². The standard InChI is InChI=1S/C20H15ClN2O2/c1-23-17-9-8-13(21)10-14(17)15-11-16(20(24)25-2)22-18(19(15)23)12-6-4-3-5-7-12/h3-11H,1-2H3. The molecule has 0 aliphatic rings. The van der Waals surface area contributed by atoms with Crippen LogP contribution in [0.4, 0.5) is 0 Å². The van der Waals surface area contributed by atoms with E-state index in [-0.39, 0.29) is 5.69 Å². The second-order valence-electron chi connectivity index (χ2n) is 5.83. The number of hydrogen-bond donors (Lipinski definition) is 0. The summed E-state index contributed by atoms with van der Waals surface area (Å²) in [5, 5.41) is 2.56. The van der Waals surface area contributed by atoms with Gasteiger partial charge in [0, 0.05) is 33.9 Å². The summed E-state index contributed by atoms with van der Waals surface area (Å²) in [6.07, 6.45) is 0. The highest BCUT2D eigenvalue weighted by atomic mass is 35.5. The molecule has 0 N–H and O–H groups in total. The molecular weight excluding hydrogens is 336 g/mol. The number of aromatic nitrogens is 2. The molecule has 2 heterocycles. The van der Waals surface area contributed by atoms with Gasteiger partial charge in [0.1, 0.15) is 5.69 Å². The largest absolute Gasteiger partial charge is 0.464 e. The molecule has 4 rings (SSSR count). The van der Waals surface area contributed by atoms with Crippen LogP contribution in [0.2, 0.25) is 5.02 Å². The zero-order chi connectivity index (χ0) is 17.6. The molecule has 0 saturated heterocycles. The first-order valence-corrected chi connectivity index (χ1v) is 8.20. The summed E-state index contributed by atoms with van der Waals surface area (Å²) < 4.78 is 6.97. The van der Waals surface area contributed by atoms with Gasteiger partial charge in [-0.3, -0.25) is 0 Å². The number of pyridine rings is 1. The lowest BCUT2D eigenvalue weighted by molar-refractivity contribution is 0.0594. The fourth-order valence-electron chi connectivity index (χ4n) is 3.23. The van der Waals surface area contributed by atoms with Crippen LogP contribution in [0.5, 0.6) is 0 Å². The fraction of sp³-hybridized carbons (Fsp3) is 0.100. The van der Waals surface area contributed by atoms with Gasteiger partial charge >= 0.3 is 5.97 Å². The van der Waals surface area contributed by atoms with Gasteiger partial charge in [-0.05, 0) is 24.3 Å². The third kappa shape index (κ3) is 2.46. The number of rotatable bonds is 2. The summed E-state index contributed by atoms with van der Waals surface area (Å²) in [6.45, 7) is 0. The Labute approximate surface area is 149 Å². The average molecular weight is 351 g/mol. The summed E-state index contributed by atoms with van der Waals surface area (Å²) in [7, 11) is 3.35. The van der Waals surface area contributed by atoms with E-state index in [4.69, 9.17) is 16.3 Å². The lowest BCUT2D eigenvalue weighted by atomic mass is 10.1. The highest BCUT2D eigenvalue weighted by molar-refractivity contribution is 6.32. The fourth-order valence-corrected chi connectivity index (χ4v) is 3.40. The first-order chi connectivity index (χ1) is 12.1. The second-order valence-corrected chi connectivity index (χ2v) is 6.27. The minimum absolute atomic E-state index is 0.279. The van der Waals surface area contributed by atoms with Gasteiger partial charge in [-0.1, -0.05) is 41.9 Å². The lowest BCUT2D eigenvalue weighted by Gasteiger charge is -2.08. The van der Waals surface area contributed by atoms with Gasteiger partial charge in [-0.25, -0.2) is 9.78 Å². The third-order valence-corrected chi connectivity index (χ3v) is 4.62. The van der Waals surface area contributed by atoms with Crippen molar-refractivity contribution >= 4 is 39.4 Å². The van der Waals surface area contributed by atoms with Crippen LogP contribution in [0.25, 0.3) is 33.1 Å². The molecule has 4 nitrogen and oxygen atoms in total. The molecule has 124 valence electrons. The molecule has 2 aromatic heterocycles. The zero-order valence-electron chi connectivity index (χ0n) is 13.8. The molecule has 25 heavy (non-hydrogen) atoms. The van der Waals surface area contributed by atoms with Gasteiger partial charge in [0.25, 0.3) is 0 Å². The number of ether oxygens (including phenoxy) is 1. The first kappa shape index (κ1) is 15.7. The Morgan fingerprint density at radius 3 is 2.56 bits per heavy atom. The van der Waals surface area contributed by atoms with Crippen molar-refractivity contribution in [2.24, 2.45) is 7.05 Å². The Morgan fingerprint density at radius 1 is 1.08 bits per heavy atom. The quantitative estimate of drug-likeness (QED) is 0.486. The number of methoxy groups -OCH3 is 1. The molecule has 0 saturated carbocycles. The van der Waals surface area contributed by atoms with E-state index in [1.54, 1.807) is 6.07 Å². The molecule has 4 aromatic rings. The van der Waals surface area contributed by atoms with Gasteiger partial charge in [0.15, 0.2) is 0 Å². The van der Waals surface area contributed by atoms with E-state index in [0.717, 1.165) is 33.1 Å². The summed E-state index contributed by atoms with van der Waals surface area (Å²) in [4.78, 5) is 16.7. The molecule has 0 spiro atoms. The minimum Gasteiger partial charge on any atom is -0.464 e. The Kier molecular flexibility index (Phi) is 3.70. The molecule has 0 unspecified atom stereocenters. The van der Waals surface area contributed by atoms with E-state index in [9.17, 15) is 4.79 Å². The predicted octanol–water partition coefficient (Wildman–Crippen LogP) is 4.83. The molecule has 2 aromatic carbocycles. The van der Waals surface area contributed by atoms with Crippen LogP contribution in [0.15, 0.2) is 54.6 Å². The molecule has 0 atom stereocenters. The third-order valence-electron chi connectivity index (χ3n) is 4.38. The Balaban J connectivity index is 2.19. The summed E-state index contributed by atoms with van der Waals surface area (Å²) in [6, 6.07) is 17.3. The van der Waals surface area contributed by atoms with Crippen molar-refractivity contribution in [2.75, 3.05) is 7.11 Å². The van der Waals surface area contributed by atoms with Crippen LogP contribution < -0.4 is 0 Å². The average Bonchev–Trinajstić information content (AvgIpc) is 2.93. The van der Waals surface area contributed by atoms with Gasteiger partial charge in [-0.2, -0.15) is 0 Å². The summed E-state index contributed by atoms with van der Waals surface area (Å²) in [5.74, 6) is -0.460. The van der Waals surface area contributed by atoms with Crippen LogP contribution in [-0.2, 0) is 11.8 Å². The molecule has 0 amide bonds. The van der Waals surface area contributed by atoms with Crippen molar-refractivity contribution in [1.29, 1.82) is 0 Å². The van der Waals surface area contributed by atoms with Crippen LogP contribution in [-0.4, -0.2) is 22.6 Å². The highest BCUT2D eigenvalue weighted by Crippen LogP contribution is 2.35. The van der Waals surface area contributed by atoms with Gasteiger partial charge in [-0.15, -0.1) is 0 Å². The Morgan fingerprint density at radius 2 is 1.84 bits per heavy atom. The number of aryl methyl sites for hydroxylation is 1. The van der Waals surface area contributed by atoms with Crippen molar-refractivity contribution in [2.45, 2.75) is 0 Å². The molecule has 0 aliphatic heterocycles. The molecule has 0 aliphatic carbocycles. The number of carbonyl (C=O) groups is 1. The molecule has 0 radical (unpaired) electrons. The van der Waals surface area contributed by atoms with Gasteiger partial charge in [0.05, 0.1) is 18.3 Å². The SMILES string of the molecule is COC(=O)c1cc2c3cc(Cl)ccc3n(C)c2c(-c2ccccc2)n1. The first-order valence-electron chi connectivity index (χ1n) is 7.82. The van der Waals surface area contributed by atoms with Crippen LogP contribution >= 0.6 is 11.6 Å². The maximum Gasteiger partial charge on any atom is 0.356 e. The van der Waals surface area contributed by atoms with Crippen molar-refractivity contribution in [3.63, 3.8) is 0 Å². The van der Waals surface area contributed by atoms with Crippen molar-refractivity contribution in [3.8, 4) is 11.3 Å². The number of esters is 1. The minimum atomic E-state index is -0.460. The normalized spacial score (nSPS) is 11.2. The molecule has 0 bridgehead atoms. The van der Waals surface area contributed by atoms with Crippen molar-refractivity contribution in [3.05, 3.63) is 65.3 Å². The smallest absolute Gasteiger partial charge is 0.356 e. The van der Waals surface area contributed by atoms with Gasteiger partial charge < -0.3 is 9.30 Å². The topological polar surface area (TPSA) is 44.1 Å². The van der Waals surface area contributed by atoms with E-state index in [1.807, 2.05) is 55.6 Å². The number of hydrogen-bond acceptors (Lipinski definition) is 3. The van der Waals surface area contributed by atoms with E-state index >= 15 is 0 Å². The molecular formula is C20H15ClN2O2. The monoisotopic (exact) mass is 350 g/mol. The predicted molar refractivity (Wildman–Crippen MR) is 100 cm³/mol. The van der Waals surface area contributed by atoms with Crippen molar-refractivity contribution in [1.82, 2.24) is 9.55 Å². The maximum atomic E-state index is 12.1. The Hall–Kier alpha value is -2.85. The summed E-state index contributed by atoms with van der Waals surface area (Å²) in [5.41, 5.74) is 3.95. The maximum absolute atomic E-state index is 12.1. The van der Waals surface area contributed by atoms with Gasteiger partial charge in [0.2, 0.25) is 0 Å². The summed E-state index contributed by atoms with van der Waals surface area (Å²) >= 11 is 6.20. The van der Waals surface area contributed by atoms with E-state index in [0.29, 0.717) is 5.02 Å². The number of halogens is 1. The van der Waals surface area contributed by atoms with E-state index in [1.165, 1.54) is 7.11 Å². The van der Waals surface area contributed by atoms with Crippen LogP contribution in [0, 0.1) is 0 Å². The number of fused-ring (bicyclic) bond motifs is 3. The number of nitrogens with zero attached hydrogens (tertiary/aromatic N) is 2. The van der Waals surface area contributed by atoms with Crippen LogP contribution in [0.3, 0.4) is 0 Å². The van der Waals surface area contributed by atoms with E-state index < -0.39 is 5.97 Å². The Bertz CT molecular complexity index is 1120. The highest BCUT2D eigenvalue weighted by Gasteiger charge is 2.19.